The third kappa shape index (κ3) is 5.14. The number of nitrogens with zero attached hydrogens (tertiary/aromatic N) is 1. The highest BCUT2D eigenvalue weighted by atomic mass is 16.7. The van der Waals surface area contributed by atoms with E-state index in [1.54, 1.807) is 20.8 Å². The van der Waals surface area contributed by atoms with Crippen molar-refractivity contribution in [1.82, 2.24) is 4.90 Å². The first-order valence-electron chi connectivity index (χ1n) is 6.72. The molecule has 8 heteroatoms. The number of hydrogen-bond donors (Lipinski definition) is 2. The first-order chi connectivity index (χ1) is 9.65. The predicted octanol–water partition coefficient (Wildman–Crippen LogP) is 0.254. The largest absolute Gasteiger partial charge is 0.481 e. The van der Waals surface area contributed by atoms with Gasteiger partial charge in [0.2, 0.25) is 0 Å². The van der Waals surface area contributed by atoms with Crippen LogP contribution in [0, 0.1) is 5.92 Å². The van der Waals surface area contributed by atoms with Crippen LogP contribution in [0.3, 0.4) is 0 Å². The summed E-state index contributed by atoms with van der Waals surface area (Å²) in [4.78, 5) is 24.7. The molecule has 0 radical (unpaired) electrons. The lowest BCUT2D eigenvalue weighted by molar-refractivity contribution is -0.152. The van der Waals surface area contributed by atoms with Gasteiger partial charge in [0.25, 0.3) is 0 Å². The van der Waals surface area contributed by atoms with Crippen molar-refractivity contribution in [2.45, 2.75) is 38.5 Å². The lowest BCUT2D eigenvalue weighted by Gasteiger charge is -2.40. The van der Waals surface area contributed by atoms with Crippen LogP contribution in [0.4, 0.5) is 4.79 Å². The predicted molar refractivity (Wildman–Crippen MR) is 73.7 cm³/mol. The molecule has 0 aliphatic carbocycles. The van der Waals surface area contributed by atoms with Crippen molar-refractivity contribution < 1.29 is 28.9 Å². The third-order valence-electron chi connectivity index (χ3n) is 3.08. The number of ether oxygens (including phenoxy) is 3. The van der Waals surface area contributed by atoms with E-state index in [0.29, 0.717) is 0 Å². The number of nitrogens with two attached hydrogens (primary N) is 1. The van der Waals surface area contributed by atoms with Gasteiger partial charge in [0.1, 0.15) is 12.4 Å². The van der Waals surface area contributed by atoms with Crippen molar-refractivity contribution in [1.29, 1.82) is 0 Å². The summed E-state index contributed by atoms with van der Waals surface area (Å²) in [6.45, 7) is 5.38. The van der Waals surface area contributed by atoms with Crippen LogP contribution < -0.4 is 5.73 Å². The summed E-state index contributed by atoms with van der Waals surface area (Å²) < 4.78 is 15.4. The first-order valence-corrected chi connectivity index (χ1v) is 6.72. The molecule has 0 saturated carbocycles. The molecule has 1 fully saturated rings. The monoisotopic (exact) mass is 304 g/mol. The smallest absolute Gasteiger partial charge is 0.410 e. The number of carbonyl (C=O) groups excluding carboxylic acids is 1. The van der Waals surface area contributed by atoms with E-state index in [1.807, 2.05) is 0 Å². The lowest BCUT2D eigenvalue weighted by Crippen LogP contribution is -2.61. The summed E-state index contributed by atoms with van der Waals surface area (Å²) in [5, 5.41) is 9.24. The Bertz CT molecular complexity index is 381. The second-order valence-corrected chi connectivity index (χ2v) is 6.02. The van der Waals surface area contributed by atoms with E-state index in [9.17, 15) is 14.7 Å². The number of carboxylic acid groups (broad SMARTS) is 1. The van der Waals surface area contributed by atoms with Gasteiger partial charge in [-0.15, -0.1) is 0 Å². The van der Waals surface area contributed by atoms with Crippen molar-refractivity contribution >= 4 is 12.1 Å². The fourth-order valence-corrected chi connectivity index (χ4v) is 2.07. The maximum Gasteiger partial charge on any atom is 0.410 e. The average molecular weight is 304 g/mol. The van der Waals surface area contributed by atoms with E-state index in [1.165, 1.54) is 12.0 Å². The van der Waals surface area contributed by atoms with Gasteiger partial charge in [0, 0.05) is 19.7 Å². The molecule has 3 N–H and O–H groups in total. The Kier molecular flexibility index (Phi) is 5.94. The number of aliphatic carboxylic acids is 1. The minimum absolute atomic E-state index is 0.00173. The molecule has 21 heavy (non-hydrogen) atoms. The Labute approximate surface area is 124 Å². The summed E-state index contributed by atoms with van der Waals surface area (Å²) in [5.41, 5.74) is 5.26. The highest BCUT2D eigenvalue weighted by Crippen LogP contribution is 2.21. The summed E-state index contributed by atoms with van der Waals surface area (Å²) in [5.74, 6) is -1.98. The Hall–Kier alpha value is -1.38. The van der Waals surface area contributed by atoms with Crippen LogP contribution in [-0.4, -0.2) is 66.8 Å². The van der Waals surface area contributed by atoms with Crippen LogP contribution in [0.2, 0.25) is 0 Å². The van der Waals surface area contributed by atoms with E-state index in [-0.39, 0.29) is 19.9 Å². The van der Waals surface area contributed by atoms with Gasteiger partial charge >= 0.3 is 12.1 Å². The maximum absolute atomic E-state index is 12.1. The molecule has 0 bridgehead atoms. The van der Waals surface area contributed by atoms with Crippen molar-refractivity contribution in [2.75, 3.05) is 27.0 Å². The van der Waals surface area contributed by atoms with Crippen LogP contribution in [-0.2, 0) is 19.0 Å². The van der Waals surface area contributed by atoms with Gasteiger partial charge in [-0.3, -0.25) is 4.79 Å². The highest BCUT2D eigenvalue weighted by Gasteiger charge is 2.42. The lowest BCUT2D eigenvalue weighted by atomic mass is 9.91. The fourth-order valence-electron chi connectivity index (χ4n) is 2.07. The van der Waals surface area contributed by atoms with Gasteiger partial charge in [-0.25, -0.2) is 4.79 Å². The summed E-state index contributed by atoms with van der Waals surface area (Å²) in [7, 11) is 1.45. The topological polar surface area (TPSA) is 111 Å². The number of rotatable bonds is 4. The third-order valence-corrected chi connectivity index (χ3v) is 3.08. The van der Waals surface area contributed by atoms with Crippen LogP contribution in [0.1, 0.15) is 20.8 Å². The molecule has 0 spiro atoms. The standard InChI is InChI=1S/C13H24N2O6/c1-13(2,3)21-12(18)15-5-8(11(16)17)10(14)9(6-15)20-7-19-4/h8-10H,5-7,14H2,1-4H3,(H,16,17)/t8-,9+,10+/m0/s1. The van der Waals surface area contributed by atoms with Gasteiger partial charge in [0.05, 0.1) is 18.6 Å². The number of likely N-dealkylation sites (tertiary alicyclic amines) is 1. The molecular formula is C13H24N2O6. The van der Waals surface area contributed by atoms with Crippen molar-refractivity contribution in [3.8, 4) is 0 Å². The molecular weight excluding hydrogens is 280 g/mol. The van der Waals surface area contributed by atoms with Gasteiger partial charge < -0.3 is 30.0 Å². The zero-order valence-electron chi connectivity index (χ0n) is 12.9. The molecule has 1 amide bonds. The SMILES string of the molecule is COCO[C@@H]1CN(C(=O)OC(C)(C)C)C[C@H](C(=O)O)[C@H]1N. The Morgan fingerprint density at radius 3 is 2.43 bits per heavy atom. The number of carbonyl (C=O) groups is 2. The number of hydrogen-bond acceptors (Lipinski definition) is 6. The number of carboxylic acids is 1. The molecule has 3 atom stereocenters. The maximum atomic E-state index is 12.1. The summed E-state index contributed by atoms with van der Waals surface area (Å²) in [6.07, 6.45) is -1.20. The summed E-state index contributed by atoms with van der Waals surface area (Å²) >= 11 is 0. The molecule has 0 aromatic carbocycles. The highest BCUT2D eigenvalue weighted by molar-refractivity contribution is 5.74. The van der Waals surface area contributed by atoms with Crippen molar-refractivity contribution in [3.05, 3.63) is 0 Å². The number of methoxy groups -OCH3 is 1. The molecule has 1 aliphatic heterocycles. The van der Waals surface area contributed by atoms with Crippen molar-refractivity contribution in [3.63, 3.8) is 0 Å². The van der Waals surface area contributed by atoms with E-state index < -0.39 is 35.7 Å². The molecule has 8 nitrogen and oxygen atoms in total. The molecule has 1 heterocycles. The fraction of sp³-hybridized carbons (Fsp3) is 0.846. The average Bonchev–Trinajstić information content (AvgIpc) is 2.35. The molecule has 0 unspecified atom stereocenters. The normalized spacial score (nSPS) is 26.5. The van der Waals surface area contributed by atoms with Gasteiger partial charge in [0.15, 0.2) is 0 Å². The van der Waals surface area contributed by atoms with E-state index >= 15 is 0 Å². The van der Waals surface area contributed by atoms with Gasteiger partial charge in [-0.05, 0) is 20.8 Å². The van der Waals surface area contributed by atoms with Crippen LogP contribution in [0.5, 0.6) is 0 Å². The number of piperidine rings is 1. The Balaban J connectivity index is 2.81. The zero-order chi connectivity index (χ0) is 16.2. The summed E-state index contributed by atoms with van der Waals surface area (Å²) in [6, 6.07) is -0.712. The van der Waals surface area contributed by atoms with E-state index in [2.05, 4.69) is 0 Å². The number of amides is 1. The van der Waals surface area contributed by atoms with Crippen LogP contribution in [0.25, 0.3) is 0 Å². The van der Waals surface area contributed by atoms with Crippen LogP contribution >= 0.6 is 0 Å². The zero-order valence-corrected chi connectivity index (χ0v) is 12.9. The molecule has 1 rings (SSSR count). The molecule has 1 saturated heterocycles. The molecule has 122 valence electrons. The molecule has 1 aliphatic rings. The minimum atomic E-state index is -1.07. The minimum Gasteiger partial charge on any atom is -0.481 e. The van der Waals surface area contributed by atoms with Gasteiger partial charge in [-0.1, -0.05) is 0 Å². The van der Waals surface area contributed by atoms with Gasteiger partial charge in [-0.2, -0.15) is 0 Å². The molecule has 0 aromatic heterocycles. The van der Waals surface area contributed by atoms with E-state index in [0.717, 1.165) is 0 Å². The Morgan fingerprint density at radius 2 is 1.95 bits per heavy atom. The second-order valence-electron chi connectivity index (χ2n) is 6.02. The van der Waals surface area contributed by atoms with Crippen molar-refractivity contribution in [2.24, 2.45) is 11.7 Å². The van der Waals surface area contributed by atoms with E-state index in [4.69, 9.17) is 19.9 Å². The second kappa shape index (κ2) is 7.06. The van der Waals surface area contributed by atoms with Crippen LogP contribution in [0.15, 0.2) is 0 Å². The first kappa shape index (κ1) is 17.7. The molecule has 0 aromatic rings. The Morgan fingerprint density at radius 1 is 1.33 bits per heavy atom. The quantitative estimate of drug-likeness (QED) is 0.716.